The maximum atomic E-state index is 8.43. The van der Waals surface area contributed by atoms with Crippen molar-refractivity contribution in [1.82, 2.24) is 0 Å². The molecule has 0 aromatic heterocycles. The van der Waals surface area contributed by atoms with Crippen molar-refractivity contribution in [3.8, 4) is 11.8 Å². The molecule has 0 spiro atoms. The van der Waals surface area contributed by atoms with Gasteiger partial charge in [0.25, 0.3) is 0 Å². The first kappa shape index (κ1) is 14.0. The van der Waals surface area contributed by atoms with E-state index in [0.29, 0.717) is 19.6 Å². The second-order valence-electron chi connectivity index (χ2n) is 3.73. The molecule has 1 aromatic rings. The van der Waals surface area contributed by atoms with E-state index in [0.717, 1.165) is 35.0 Å². The van der Waals surface area contributed by atoms with Crippen molar-refractivity contribution in [3.05, 3.63) is 28.2 Å². The minimum Gasteiger partial charge on any atom is -0.492 e. The molecular weight excluding hydrogens is 280 g/mol. The summed E-state index contributed by atoms with van der Waals surface area (Å²) in [6.45, 7) is 1.25. The van der Waals surface area contributed by atoms with Gasteiger partial charge in [0.15, 0.2) is 0 Å². The Kier molecular flexibility index (Phi) is 6.68. The Balaban J connectivity index is 2.53. The van der Waals surface area contributed by atoms with Crippen LogP contribution in [0.5, 0.6) is 5.75 Å². The minimum atomic E-state index is 0.592. The Morgan fingerprint density at radius 1 is 1.35 bits per heavy atom. The SMILES string of the molecule is N#CCCCCOc1c(Br)cccc1CCN. The van der Waals surface area contributed by atoms with Crippen LogP contribution in [0.2, 0.25) is 0 Å². The van der Waals surface area contributed by atoms with E-state index < -0.39 is 0 Å². The molecule has 0 saturated heterocycles. The van der Waals surface area contributed by atoms with E-state index in [4.69, 9.17) is 15.7 Å². The Morgan fingerprint density at radius 2 is 2.18 bits per heavy atom. The second-order valence-corrected chi connectivity index (χ2v) is 4.58. The van der Waals surface area contributed by atoms with Gasteiger partial charge in [0.05, 0.1) is 17.1 Å². The fourth-order valence-electron chi connectivity index (χ4n) is 1.55. The van der Waals surface area contributed by atoms with E-state index >= 15 is 0 Å². The van der Waals surface area contributed by atoms with Crippen LogP contribution in [0.4, 0.5) is 0 Å². The van der Waals surface area contributed by atoms with Crippen LogP contribution in [0, 0.1) is 11.3 Å². The number of nitrogens with two attached hydrogens (primary N) is 1. The second kappa shape index (κ2) is 8.10. The lowest BCUT2D eigenvalue weighted by atomic mass is 10.1. The molecule has 0 atom stereocenters. The first-order valence-electron chi connectivity index (χ1n) is 5.76. The highest BCUT2D eigenvalue weighted by atomic mass is 79.9. The predicted octanol–water partition coefficient (Wildman–Crippen LogP) is 3.02. The maximum absolute atomic E-state index is 8.43. The zero-order valence-corrected chi connectivity index (χ0v) is 11.4. The van der Waals surface area contributed by atoms with Crippen LogP contribution >= 0.6 is 15.9 Å². The smallest absolute Gasteiger partial charge is 0.136 e. The molecule has 0 aliphatic carbocycles. The van der Waals surface area contributed by atoms with Crippen molar-refractivity contribution in [1.29, 1.82) is 5.26 Å². The van der Waals surface area contributed by atoms with Gasteiger partial charge in [-0.15, -0.1) is 0 Å². The van der Waals surface area contributed by atoms with Gasteiger partial charge in [0, 0.05) is 6.42 Å². The Hall–Kier alpha value is -1.05. The van der Waals surface area contributed by atoms with Gasteiger partial charge in [-0.2, -0.15) is 5.26 Å². The number of halogens is 1. The molecule has 4 heteroatoms. The minimum absolute atomic E-state index is 0.592. The number of ether oxygens (including phenoxy) is 1. The molecule has 0 heterocycles. The van der Waals surface area contributed by atoms with Crippen molar-refractivity contribution < 1.29 is 4.74 Å². The van der Waals surface area contributed by atoms with Gasteiger partial charge in [0.1, 0.15) is 5.75 Å². The largest absolute Gasteiger partial charge is 0.492 e. The standard InChI is InChI=1S/C13H17BrN2O/c14-12-6-4-5-11(7-9-16)13(12)17-10-3-1-2-8-15/h4-6H,1-3,7,9-10,16H2. The average molecular weight is 297 g/mol. The molecule has 0 fully saturated rings. The Morgan fingerprint density at radius 3 is 2.88 bits per heavy atom. The lowest BCUT2D eigenvalue weighted by Gasteiger charge is -2.12. The molecule has 0 amide bonds. The number of rotatable bonds is 7. The van der Waals surface area contributed by atoms with Gasteiger partial charge < -0.3 is 10.5 Å². The van der Waals surface area contributed by atoms with E-state index in [1.807, 2.05) is 18.2 Å². The van der Waals surface area contributed by atoms with E-state index in [1.165, 1.54) is 0 Å². The lowest BCUT2D eigenvalue weighted by molar-refractivity contribution is 0.302. The molecule has 17 heavy (non-hydrogen) atoms. The molecule has 0 saturated carbocycles. The summed E-state index contributed by atoms with van der Waals surface area (Å²) in [6.07, 6.45) is 3.19. The third-order valence-corrected chi connectivity index (χ3v) is 3.02. The summed E-state index contributed by atoms with van der Waals surface area (Å²) in [6, 6.07) is 8.10. The highest BCUT2D eigenvalue weighted by molar-refractivity contribution is 9.10. The van der Waals surface area contributed by atoms with E-state index in [1.54, 1.807) is 0 Å². The Labute approximate surface area is 111 Å². The summed E-state index contributed by atoms with van der Waals surface area (Å²) in [5.74, 6) is 0.884. The fourth-order valence-corrected chi connectivity index (χ4v) is 2.07. The number of nitriles is 1. The molecule has 0 aliphatic heterocycles. The lowest BCUT2D eigenvalue weighted by Crippen LogP contribution is -2.06. The predicted molar refractivity (Wildman–Crippen MR) is 71.9 cm³/mol. The van der Waals surface area contributed by atoms with Crippen LogP contribution in [0.25, 0.3) is 0 Å². The molecule has 0 bridgehead atoms. The van der Waals surface area contributed by atoms with Gasteiger partial charge in [-0.25, -0.2) is 0 Å². The fraction of sp³-hybridized carbons (Fsp3) is 0.462. The third kappa shape index (κ3) is 4.76. The van der Waals surface area contributed by atoms with Gasteiger partial charge in [0.2, 0.25) is 0 Å². The molecule has 0 radical (unpaired) electrons. The quantitative estimate of drug-likeness (QED) is 0.787. The number of para-hydroxylation sites is 1. The van der Waals surface area contributed by atoms with Crippen LogP contribution in [0.15, 0.2) is 22.7 Å². The van der Waals surface area contributed by atoms with Crippen molar-refractivity contribution >= 4 is 15.9 Å². The molecule has 0 aliphatic rings. The molecule has 0 unspecified atom stereocenters. The molecule has 2 N–H and O–H groups in total. The van der Waals surface area contributed by atoms with Crippen LogP contribution in [0.1, 0.15) is 24.8 Å². The van der Waals surface area contributed by atoms with Crippen LogP contribution < -0.4 is 10.5 Å². The van der Waals surface area contributed by atoms with E-state index in [9.17, 15) is 0 Å². The summed E-state index contributed by atoms with van der Waals surface area (Å²) < 4.78 is 6.72. The zero-order valence-electron chi connectivity index (χ0n) is 9.79. The molecule has 92 valence electrons. The van der Waals surface area contributed by atoms with Gasteiger partial charge in [-0.1, -0.05) is 12.1 Å². The number of hydrogen-bond acceptors (Lipinski definition) is 3. The molecular formula is C13H17BrN2O. The molecule has 3 nitrogen and oxygen atoms in total. The first-order valence-corrected chi connectivity index (χ1v) is 6.56. The average Bonchev–Trinajstić information content (AvgIpc) is 2.32. The molecule has 1 aromatic carbocycles. The maximum Gasteiger partial charge on any atom is 0.136 e. The number of nitrogens with zero attached hydrogens (tertiary/aromatic N) is 1. The van der Waals surface area contributed by atoms with Gasteiger partial charge >= 0.3 is 0 Å². The number of unbranched alkanes of at least 4 members (excludes halogenated alkanes) is 2. The van der Waals surface area contributed by atoms with Crippen LogP contribution in [-0.4, -0.2) is 13.2 Å². The van der Waals surface area contributed by atoms with E-state index in [2.05, 4.69) is 22.0 Å². The zero-order chi connectivity index (χ0) is 12.5. The summed E-state index contributed by atoms with van der Waals surface area (Å²) in [7, 11) is 0. The third-order valence-electron chi connectivity index (χ3n) is 2.39. The van der Waals surface area contributed by atoms with Crippen molar-refractivity contribution in [2.75, 3.05) is 13.2 Å². The van der Waals surface area contributed by atoms with E-state index in [-0.39, 0.29) is 0 Å². The van der Waals surface area contributed by atoms with Crippen LogP contribution in [0.3, 0.4) is 0 Å². The normalized spacial score (nSPS) is 9.94. The highest BCUT2D eigenvalue weighted by Crippen LogP contribution is 2.29. The topological polar surface area (TPSA) is 59.0 Å². The van der Waals surface area contributed by atoms with Crippen molar-refractivity contribution in [2.45, 2.75) is 25.7 Å². The number of hydrogen-bond donors (Lipinski definition) is 1. The van der Waals surface area contributed by atoms with Gasteiger partial charge in [-0.3, -0.25) is 0 Å². The molecule has 1 rings (SSSR count). The Bertz CT molecular complexity index is 387. The van der Waals surface area contributed by atoms with Crippen molar-refractivity contribution in [2.24, 2.45) is 5.73 Å². The summed E-state index contributed by atoms with van der Waals surface area (Å²) in [4.78, 5) is 0. The first-order chi connectivity index (χ1) is 8.29. The van der Waals surface area contributed by atoms with Crippen LogP contribution in [-0.2, 0) is 6.42 Å². The van der Waals surface area contributed by atoms with Gasteiger partial charge in [-0.05, 0) is 53.4 Å². The monoisotopic (exact) mass is 296 g/mol. The number of benzene rings is 1. The summed E-state index contributed by atoms with van der Waals surface area (Å²) >= 11 is 3.48. The summed E-state index contributed by atoms with van der Waals surface area (Å²) in [5, 5.41) is 8.43. The highest BCUT2D eigenvalue weighted by Gasteiger charge is 2.07. The van der Waals surface area contributed by atoms with Crippen molar-refractivity contribution in [3.63, 3.8) is 0 Å². The summed E-state index contributed by atoms with van der Waals surface area (Å²) in [5.41, 5.74) is 6.69.